The summed E-state index contributed by atoms with van der Waals surface area (Å²) in [6, 6.07) is -0.696. The number of nitrogens with one attached hydrogen (secondary N) is 2. The zero-order valence-electron chi connectivity index (χ0n) is 10.7. The molecule has 102 valence electrons. The second kappa shape index (κ2) is 6.18. The van der Waals surface area contributed by atoms with Crippen LogP contribution in [0.3, 0.4) is 0 Å². The van der Waals surface area contributed by atoms with Gasteiger partial charge in [0.15, 0.2) is 0 Å². The van der Waals surface area contributed by atoms with Crippen molar-refractivity contribution in [3.05, 3.63) is 0 Å². The van der Waals surface area contributed by atoms with E-state index in [2.05, 4.69) is 10.6 Å². The lowest BCUT2D eigenvalue weighted by molar-refractivity contribution is -0.144. The second-order valence-electron chi connectivity index (χ2n) is 5.41. The molecule has 1 saturated heterocycles. The molecule has 2 unspecified atom stereocenters. The lowest BCUT2D eigenvalue weighted by atomic mass is 9.83. The number of carbonyl (C=O) groups is 2. The van der Waals surface area contributed by atoms with E-state index >= 15 is 0 Å². The van der Waals surface area contributed by atoms with Crippen molar-refractivity contribution in [2.75, 3.05) is 13.1 Å². The third-order valence-electron chi connectivity index (χ3n) is 4.12. The Morgan fingerprint density at radius 3 is 2.44 bits per heavy atom. The van der Waals surface area contributed by atoms with Crippen LogP contribution in [0.5, 0.6) is 0 Å². The van der Waals surface area contributed by atoms with Gasteiger partial charge in [0.05, 0.1) is 5.92 Å². The summed E-state index contributed by atoms with van der Waals surface area (Å²) in [5.74, 6) is -0.941. The quantitative estimate of drug-likeness (QED) is 0.691. The number of aliphatic carboxylic acids is 1. The zero-order valence-corrected chi connectivity index (χ0v) is 10.7. The van der Waals surface area contributed by atoms with E-state index < -0.39 is 12.0 Å². The lowest BCUT2D eigenvalue weighted by Gasteiger charge is -2.28. The fraction of sp³-hybridized carbons (Fsp3) is 0.846. The molecule has 0 spiro atoms. The van der Waals surface area contributed by atoms with Crippen LogP contribution in [0.1, 0.15) is 38.5 Å². The molecule has 1 aliphatic heterocycles. The number of amides is 1. The average molecular weight is 254 g/mol. The highest BCUT2D eigenvalue weighted by Crippen LogP contribution is 2.27. The Morgan fingerprint density at radius 1 is 1.17 bits per heavy atom. The predicted molar refractivity (Wildman–Crippen MR) is 67.1 cm³/mol. The molecule has 0 aromatic heterocycles. The Balaban J connectivity index is 1.92. The van der Waals surface area contributed by atoms with E-state index in [-0.39, 0.29) is 17.7 Å². The van der Waals surface area contributed by atoms with E-state index in [0.717, 1.165) is 38.6 Å². The van der Waals surface area contributed by atoms with Crippen molar-refractivity contribution in [2.45, 2.75) is 44.6 Å². The molecule has 0 aromatic rings. The molecule has 5 heteroatoms. The molecule has 5 nitrogen and oxygen atoms in total. The Morgan fingerprint density at radius 2 is 1.89 bits per heavy atom. The summed E-state index contributed by atoms with van der Waals surface area (Å²) in [6.45, 7) is 1.52. The molecule has 18 heavy (non-hydrogen) atoms. The number of carboxylic acids is 1. The molecule has 1 amide bonds. The summed E-state index contributed by atoms with van der Waals surface area (Å²) >= 11 is 0. The first-order valence-corrected chi connectivity index (χ1v) is 6.92. The van der Waals surface area contributed by atoms with Crippen molar-refractivity contribution in [1.29, 1.82) is 0 Å². The highest BCUT2D eigenvalue weighted by molar-refractivity contribution is 5.85. The van der Waals surface area contributed by atoms with Crippen molar-refractivity contribution in [2.24, 2.45) is 11.8 Å². The van der Waals surface area contributed by atoms with Crippen LogP contribution < -0.4 is 10.6 Å². The van der Waals surface area contributed by atoms with E-state index in [1.54, 1.807) is 0 Å². The van der Waals surface area contributed by atoms with Gasteiger partial charge in [-0.2, -0.15) is 0 Å². The largest absolute Gasteiger partial charge is 0.480 e. The Labute approximate surface area is 107 Å². The van der Waals surface area contributed by atoms with E-state index in [4.69, 9.17) is 0 Å². The first-order valence-electron chi connectivity index (χ1n) is 6.92. The van der Waals surface area contributed by atoms with E-state index in [9.17, 15) is 14.7 Å². The summed E-state index contributed by atoms with van der Waals surface area (Å²) in [6.07, 6.45) is 5.98. The van der Waals surface area contributed by atoms with Crippen LogP contribution in [0.4, 0.5) is 0 Å². The molecule has 2 aliphatic rings. The van der Waals surface area contributed by atoms with Crippen LogP contribution in [0.25, 0.3) is 0 Å². The van der Waals surface area contributed by atoms with Gasteiger partial charge in [-0.3, -0.25) is 4.79 Å². The first kappa shape index (κ1) is 13.3. The fourth-order valence-electron chi connectivity index (χ4n) is 3.00. The summed E-state index contributed by atoms with van der Waals surface area (Å²) in [5.41, 5.74) is 0. The number of rotatable bonds is 4. The maximum atomic E-state index is 12.0. The van der Waals surface area contributed by atoms with Crippen LogP contribution in [-0.4, -0.2) is 36.1 Å². The van der Waals surface area contributed by atoms with Crippen LogP contribution in [0.15, 0.2) is 0 Å². The van der Waals surface area contributed by atoms with Crippen molar-refractivity contribution in [3.8, 4) is 0 Å². The molecule has 1 heterocycles. The Hall–Kier alpha value is -1.10. The van der Waals surface area contributed by atoms with Crippen molar-refractivity contribution in [1.82, 2.24) is 10.6 Å². The first-order chi connectivity index (χ1) is 8.68. The van der Waals surface area contributed by atoms with Crippen molar-refractivity contribution in [3.63, 3.8) is 0 Å². The van der Waals surface area contributed by atoms with Crippen molar-refractivity contribution >= 4 is 11.9 Å². The number of hydrogen-bond acceptors (Lipinski definition) is 3. The van der Waals surface area contributed by atoms with Crippen LogP contribution in [-0.2, 0) is 9.59 Å². The Bertz CT molecular complexity index is 307. The zero-order chi connectivity index (χ0) is 13.0. The van der Waals surface area contributed by atoms with Gasteiger partial charge in [-0.25, -0.2) is 4.79 Å². The van der Waals surface area contributed by atoms with Crippen LogP contribution >= 0.6 is 0 Å². The van der Waals surface area contributed by atoms with Gasteiger partial charge in [-0.1, -0.05) is 19.3 Å². The smallest absolute Gasteiger partial charge is 0.326 e. The predicted octanol–water partition coefficient (Wildman–Crippen LogP) is 0.746. The monoisotopic (exact) mass is 254 g/mol. The summed E-state index contributed by atoms with van der Waals surface area (Å²) in [5, 5.41) is 15.2. The molecule has 1 aliphatic carbocycles. The number of carboxylic acid groups (broad SMARTS) is 1. The molecule has 0 radical (unpaired) electrons. The van der Waals surface area contributed by atoms with Crippen molar-refractivity contribution < 1.29 is 14.7 Å². The normalized spacial score (nSPS) is 26.8. The van der Waals surface area contributed by atoms with Gasteiger partial charge in [0.2, 0.25) is 5.91 Å². The molecular formula is C13H22N2O3. The van der Waals surface area contributed by atoms with Crippen LogP contribution in [0, 0.1) is 11.8 Å². The number of hydrogen-bond donors (Lipinski definition) is 3. The highest BCUT2D eigenvalue weighted by Gasteiger charge is 2.33. The maximum absolute atomic E-state index is 12.0. The van der Waals surface area contributed by atoms with Gasteiger partial charge in [0.1, 0.15) is 6.04 Å². The van der Waals surface area contributed by atoms with Gasteiger partial charge in [0.25, 0.3) is 0 Å². The fourth-order valence-corrected chi connectivity index (χ4v) is 3.00. The molecular weight excluding hydrogens is 232 g/mol. The molecule has 1 saturated carbocycles. The SMILES string of the molecule is O=C(NC(C(=O)O)C1CCCCC1)C1CCNC1. The minimum atomic E-state index is -0.888. The standard InChI is InChI=1S/C13H22N2O3/c16-12(10-6-7-14-8-10)15-11(13(17)18)9-4-2-1-3-5-9/h9-11,14H,1-8H2,(H,15,16)(H,17,18). The maximum Gasteiger partial charge on any atom is 0.326 e. The second-order valence-corrected chi connectivity index (χ2v) is 5.41. The lowest BCUT2D eigenvalue weighted by Crippen LogP contribution is -2.48. The van der Waals surface area contributed by atoms with Crippen LogP contribution in [0.2, 0.25) is 0 Å². The van der Waals surface area contributed by atoms with Gasteiger partial charge in [0, 0.05) is 6.54 Å². The van der Waals surface area contributed by atoms with Gasteiger partial charge < -0.3 is 15.7 Å². The number of carbonyl (C=O) groups excluding carboxylic acids is 1. The van der Waals surface area contributed by atoms with Gasteiger partial charge in [-0.15, -0.1) is 0 Å². The molecule has 0 aromatic carbocycles. The van der Waals surface area contributed by atoms with Gasteiger partial charge in [-0.05, 0) is 31.7 Å². The minimum Gasteiger partial charge on any atom is -0.480 e. The molecule has 0 bridgehead atoms. The minimum absolute atomic E-state index is 0.0598. The molecule has 2 atom stereocenters. The topological polar surface area (TPSA) is 78.4 Å². The average Bonchev–Trinajstić information content (AvgIpc) is 2.90. The van der Waals surface area contributed by atoms with E-state index in [1.807, 2.05) is 0 Å². The van der Waals surface area contributed by atoms with Gasteiger partial charge >= 0.3 is 5.97 Å². The summed E-state index contributed by atoms with van der Waals surface area (Å²) in [4.78, 5) is 23.3. The third-order valence-corrected chi connectivity index (χ3v) is 4.12. The molecule has 2 fully saturated rings. The Kier molecular flexibility index (Phi) is 4.58. The van der Waals surface area contributed by atoms with E-state index in [0.29, 0.717) is 6.54 Å². The molecule has 3 N–H and O–H groups in total. The summed E-state index contributed by atoms with van der Waals surface area (Å²) < 4.78 is 0. The highest BCUT2D eigenvalue weighted by atomic mass is 16.4. The third kappa shape index (κ3) is 3.22. The van der Waals surface area contributed by atoms with E-state index in [1.165, 1.54) is 6.42 Å². The summed E-state index contributed by atoms with van der Waals surface area (Å²) in [7, 11) is 0. The molecule has 2 rings (SSSR count).